The Balaban J connectivity index is 1.52. The monoisotopic (exact) mass is 347 g/mol. The van der Waals surface area contributed by atoms with Crippen LogP contribution in [0.4, 0.5) is 0 Å². The average Bonchev–Trinajstić information content (AvgIpc) is 3.11. The molecular weight excluding hydrogens is 314 g/mol. The second kappa shape index (κ2) is 8.30. The van der Waals surface area contributed by atoms with Gasteiger partial charge in [-0.25, -0.2) is 4.98 Å². The van der Waals surface area contributed by atoms with E-state index in [1.54, 1.807) is 12.7 Å². The highest BCUT2D eigenvalue weighted by Crippen LogP contribution is 2.29. The van der Waals surface area contributed by atoms with Gasteiger partial charge in [-0.2, -0.15) is 5.10 Å². The summed E-state index contributed by atoms with van der Waals surface area (Å²) in [6.45, 7) is 9.52. The van der Waals surface area contributed by atoms with Crippen molar-refractivity contribution in [2.45, 2.75) is 71.5 Å². The molecule has 1 aromatic rings. The summed E-state index contributed by atoms with van der Waals surface area (Å²) < 4.78 is 1.91. The highest BCUT2D eigenvalue weighted by Gasteiger charge is 2.32. The normalized spacial score (nSPS) is 32.3. The predicted molar refractivity (Wildman–Crippen MR) is 97.9 cm³/mol. The summed E-state index contributed by atoms with van der Waals surface area (Å²) in [6, 6.07) is 0.289. The number of likely N-dealkylation sites (tertiary alicyclic amines) is 1. The Kier molecular flexibility index (Phi) is 6.10. The lowest BCUT2D eigenvalue weighted by atomic mass is 9.78. The van der Waals surface area contributed by atoms with Gasteiger partial charge in [-0.1, -0.05) is 26.7 Å². The topological polar surface area (TPSA) is 63.1 Å². The third kappa shape index (κ3) is 4.60. The minimum Gasteiger partial charge on any atom is -0.352 e. The molecule has 6 heteroatoms. The molecule has 25 heavy (non-hydrogen) atoms. The van der Waals surface area contributed by atoms with Gasteiger partial charge in [-0.05, 0) is 50.5 Å². The van der Waals surface area contributed by atoms with E-state index in [1.807, 2.05) is 4.68 Å². The van der Waals surface area contributed by atoms with Crippen LogP contribution in [0.2, 0.25) is 0 Å². The first-order valence-corrected chi connectivity index (χ1v) is 9.91. The average molecular weight is 348 g/mol. The molecule has 6 nitrogen and oxygen atoms in total. The first kappa shape index (κ1) is 18.4. The van der Waals surface area contributed by atoms with Crippen LogP contribution in [-0.4, -0.2) is 50.7 Å². The summed E-state index contributed by atoms with van der Waals surface area (Å²) >= 11 is 0. The highest BCUT2D eigenvalue weighted by atomic mass is 16.2. The SMILES string of the molecule is CC1CCCC(NC(=O)C(C)N2CCCC(Cn3cncn3)C2)C1C. The summed E-state index contributed by atoms with van der Waals surface area (Å²) in [7, 11) is 0. The second-order valence-electron chi connectivity index (χ2n) is 8.18. The third-order valence-corrected chi connectivity index (χ3v) is 6.42. The quantitative estimate of drug-likeness (QED) is 0.888. The summed E-state index contributed by atoms with van der Waals surface area (Å²) in [5.41, 5.74) is 0. The molecule has 0 radical (unpaired) electrons. The van der Waals surface area contributed by atoms with Crippen LogP contribution in [0.1, 0.15) is 52.9 Å². The van der Waals surface area contributed by atoms with E-state index >= 15 is 0 Å². The van der Waals surface area contributed by atoms with Gasteiger partial charge in [0.25, 0.3) is 0 Å². The summed E-state index contributed by atoms with van der Waals surface area (Å²) in [5, 5.41) is 7.56. The number of carbonyl (C=O) groups excluding carboxylic acids is 1. The van der Waals surface area contributed by atoms with Gasteiger partial charge in [0, 0.05) is 19.1 Å². The standard InChI is InChI=1S/C19H33N5O/c1-14-6-4-8-18(15(14)2)22-19(25)16(3)23-9-5-7-17(10-23)11-24-13-20-12-21-24/h12-18H,4-11H2,1-3H3,(H,22,25). The van der Waals surface area contributed by atoms with Crippen LogP contribution in [0.3, 0.4) is 0 Å². The number of aromatic nitrogens is 3. The zero-order valence-corrected chi connectivity index (χ0v) is 15.9. The van der Waals surface area contributed by atoms with E-state index in [9.17, 15) is 4.79 Å². The number of nitrogens with zero attached hydrogens (tertiary/aromatic N) is 4. The van der Waals surface area contributed by atoms with Gasteiger partial charge < -0.3 is 5.32 Å². The molecule has 3 rings (SSSR count). The van der Waals surface area contributed by atoms with Crippen LogP contribution in [0.5, 0.6) is 0 Å². The zero-order valence-electron chi connectivity index (χ0n) is 15.9. The van der Waals surface area contributed by atoms with Crippen molar-refractivity contribution >= 4 is 5.91 Å². The largest absolute Gasteiger partial charge is 0.352 e. The van der Waals surface area contributed by atoms with E-state index in [0.29, 0.717) is 23.8 Å². The van der Waals surface area contributed by atoms with E-state index < -0.39 is 0 Å². The fourth-order valence-corrected chi connectivity index (χ4v) is 4.44. The highest BCUT2D eigenvalue weighted by molar-refractivity contribution is 5.81. The number of nitrogens with one attached hydrogen (secondary N) is 1. The molecule has 1 saturated carbocycles. The maximum absolute atomic E-state index is 12.8. The molecule has 1 aliphatic carbocycles. The Morgan fingerprint density at radius 3 is 2.88 bits per heavy atom. The number of rotatable bonds is 5. The van der Waals surface area contributed by atoms with Crippen LogP contribution < -0.4 is 5.32 Å². The number of carbonyl (C=O) groups is 1. The van der Waals surface area contributed by atoms with E-state index in [0.717, 1.165) is 32.5 Å². The lowest BCUT2D eigenvalue weighted by molar-refractivity contribution is -0.128. The molecule has 0 spiro atoms. The van der Waals surface area contributed by atoms with E-state index in [1.165, 1.54) is 19.3 Å². The lowest BCUT2D eigenvalue weighted by Crippen LogP contribution is -2.53. The molecular formula is C19H33N5O. The molecule has 5 unspecified atom stereocenters. The maximum atomic E-state index is 12.8. The molecule has 1 amide bonds. The Bertz CT molecular complexity index is 546. The number of amides is 1. The van der Waals surface area contributed by atoms with Gasteiger partial charge in [0.15, 0.2) is 0 Å². The molecule has 2 heterocycles. The van der Waals surface area contributed by atoms with Crippen molar-refractivity contribution in [2.75, 3.05) is 13.1 Å². The van der Waals surface area contributed by atoms with Gasteiger partial charge in [-0.3, -0.25) is 14.4 Å². The number of hydrogen-bond donors (Lipinski definition) is 1. The van der Waals surface area contributed by atoms with Crippen molar-refractivity contribution in [3.8, 4) is 0 Å². The molecule has 1 saturated heterocycles. The Morgan fingerprint density at radius 2 is 2.12 bits per heavy atom. The summed E-state index contributed by atoms with van der Waals surface area (Å²) in [6.07, 6.45) is 9.35. The third-order valence-electron chi connectivity index (χ3n) is 6.42. The van der Waals surface area contributed by atoms with Crippen LogP contribution in [0.15, 0.2) is 12.7 Å². The van der Waals surface area contributed by atoms with Crippen molar-refractivity contribution in [1.82, 2.24) is 25.0 Å². The van der Waals surface area contributed by atoms with Crippen LogP contribution in [-0.2, 0) is 11.3 Å². The van der Waals surface area contributed by atoms with Crippen molar-refractivity contribution < 1.29 is 4.79 Å². The van der Waals surface area contributed by atoms with Gasteiger partial charge in [-0.15, -0.1) is 0 Å². The van der Waals surface area contributed by atoms with E-state index in [2.05, 4.69) is 41.1 Å². The molecule has 2 aliphatic rings. The van der Waals surface area contributed by atoms with Crippen LogP contribution >= 0.6 is 0 Å². The van der Waals surface area contributed by atoms with Crippen molar-refractivity contribution in [3.63, 3.8) is 0 Å². The first-order valence-electron chi connectivity index (χ1n) is 9.91. The van der Waals surface area contributed by atoms with E-state index in [4.69, 9.17) is 0 Å². The summed E-state index contributed by atoms with van der Waals surface area (Å²) in [4.78, 5) is 19.2. The fourth-order valence-electron chi connectivity index (χ4n) is 4.44. The molecule has 0 aromatic carbocycles. The van der Waals surface area contributed by atoms with Gasteiger partial charge in [0.2, 0.25) is 5.91 Å². The van der Waals surface area contributed by atoms with E-state index in [-0.39, 0.29) is 11.9 Å². The lowest BCUT2D eigenvalue weighted by Gasteiger charge is -2.39. The molecule has 1 N–H and O–H groups in total. The first-order chi connectivity index (χ1) is 12.0. The van der Waals surface area contributed by atoms with Gasteiger partial charge in [0.05, 0.1) is 6.04 Å². The molecule has 5 atom stereocenters. The maximum Gasteiger partial charge on any atom is 0.237 e. The predicted octanol–water partition coefficient (Wildman–Crippen LogP) is 2.32. The number of piperidine rings is 1. The molecule has 1 aromatic heterocycles. The second-order valence-corrected chi connectivity index (χ2v) is 8.18. The Labute approximate surface area is 151 Å². The Hall–Kier alpha value is -1.43. The van der Waals surface area contributed by atoms with Crippen molar-refractivity contribution in [1.29, 1.82) is 0 Å². The molecule has 1 aliphatic heterocycles. The van der Waals surface area contributed by atoms with Crippen molar-refractivity contribution in [2.24, 2.45) is 17.8 Å². The number of hydrogen-bond acceptors (Lipinski definition) is 4. The summed E-state index contributed by atoms with van der Waals surface area (Å²) in [5.74, 6) is 2.02. The molecule has 2 fully saturated rings. The minimum absolute atomic E-state index is 0.0528. The van der Waals surface area contributed by atoms with Gasteiger partial charge in [0.1, 0.15) is 12.7 Å². The minimum atomic E-state index is -0.0528. The van der Waals surface area contributed by atoms with Gasteiger partial charge >= 0.3 is 0 Å². The van der Waals surface area contributed by atoms with Crippen molar-refractivity contribution in [3.05, 3.63) is 12.7 Å². The zero-order chi connectivity index (χ0) is 17.8. The molecule has 0 bridgehead atoms. The molecule has 140 valence electrons. The smallest absolute Gasteiger partial charge is 0.237 e. The Morgan fingerprint density at radius 1 is 1.28 bits per heavy atom. The van der Waals surface area contributed by atoms with Crippen LogP contribution in [0.25, 0.3) is 0 Å². The van der Waals surface area contributed by atoms with Crippen LogP contribution in [0, 0.1) is 17.8 Å². The fraction of sp³-hybridized carbons (Fsp3) is 0.842.